The van der Waals surface area contributed by atoms with E-state index in [1.54, 1.807) is 0 Å². The van der Waals surface area contributed by atoms with Crippen LogP contribution in [0.4, 0.5) is 0 Å². The lowest BCUT2D eigenvalue weighted by molar-refractivity contribution is 0.262. The second-order valence-electron chi connectivity index (χ2n) is 4.37. The second-order valence-corrected chi connectivity index (χ2v) is 4.81. The van der Waals surface area contributed by atoms with Gasteiger partial charge in [0.25, 0.3) is 0 Å². The average molecular weight is 245 g/mol. The van der Waals surface area contributed by atoms with Gasteiger partial charge in [0.05, 0.1) is 6.61 Å². The maximum atomic E-state index is 5.90. The van der Waals surface area contributed by atoms with Crippen LogP contribution < -0.4 is 4.74 Å². The second kappa shape index (κ2) is 4.42. The Hall–Kier alpha value is -1.47. The zero-order valence-corrected chi connectivity index (χ0v) is 10.2. The van der Waals surface area contributed by atoms with Crippen LogP contribution in [0.5, 0.6) is 5.75 Å². The summed E-state index contributed by atoms with van der Waals surface area (Å²) in [4.78, 5) is 0. The zero-order chi connectivity index (χ0) is 11.7. The molecular formula is C15H13ClO. The van der Waals surface area contributed by atoms with Crippen LogP contribution >= 0.6 is 11.6 Å². The molecule has 0 N–H and O–H groups in total. The molecule has 2 heteroatoms. The molecule has 0 amide bonds. The van der Waals surface area contributed by atoms with Crippen molar-refractivity contribution < 1.29 is 4.74 Å². The fourth-order valence-corrected chi connectivity index (χ4v) is 2.40. The fraction of sp³-hybridized carbons (Fsp3) is 0.200. The number of hydrogen-bond acceptors (Lipinski definition) is 1. The Morgan fingerprint density at radius 2 is 1.76 bits per heavy atom. The van der Waals surface area contributed by atoms with Gasteiger partial charge in [-0.25, -0.2) is 0 Å². The first-order valence-corrected chi connectivity index (χ1v) is 6.17. The lowest BCUT2D eigenvalue weighted by Gasteiger charge is -2.25. The molecule has 0 aromatic heterocycles. The summed E-state index contributed by atoms with van der Waals surface area (Å²) in [6.45, 7) is 0.749. The minimum absolute atomic E-state index is 0.433. The third-order valence-electron chi connectivity index (χ3n) is 3.22. The normalized spacial score (nSPS) is 18.3. The van der Waals surface area contributed by atoms with Crippen LogP contribution in [0.2, 0.25) is 5.02 Å². The average Bonchev–Trinajstić information content (AvgIpc) is 2.39. The van der Waals surface area contributed by atoms with Crippen molar-refractivity contribution in [3.8, 4) is 5.75 Å². The summed E-state index contributed by atoms with van der Waals surface area (Å²) in [6, 6.07) is 16.3. The molecule has 0 saturated heterocycles. The summed E-state index contributed by atoms with van der Waals surface area (Å²) < 4.78 is 5.79. The minimum atomic E-state index is 0.433. The van der Waals surface area contributed by atoms with Crippen LogP contribution in [0.25, 0.3) is 0 Å². The number of ether oxygens (including phenoxy) is 1. The molecule has 1 aliphatic rings. The highest BCUT2D eigenvalue weighted by Crippen LogP contribution is 2.32. The third kappa shape index (κ3) is 2.16. The third-order valence-corrected chi connectivity index (χ3v) is 3.47. The van der Waals surface area contributed by atoms with Gasteiger partial charge in [-0.2, -0.15) is 0 Å². The molecule has 1 unspecified atom stereocenters. The number of benzene rings is 2. The van der Waals surface area contributed by atoms with Crippen molar-refractivity contribution in [1.82, 2.24) is 0 Å². The van der Waals surface area contributed by atoms with Crippen molar-refractivity contribution >= 4 is 11.6 Å². The van der Waals surface area contributed by atoms with Gasteiger partial charge in [0.15, 0.2) is 0 Å². The van der Waals surface area contributed by atoms with Crippen LogP contribution in [-0.2, 0) is 6.42 Å². The molecule has 1 nitrogen and oxygen atoms in total. The molecule has 0 spiro atoms. The standard InChI is InChI=1S/C15H13ClO/c16-14-7-5-11(6-8-14)13-9-12-3-1-2-4-15(12)17-10-13/h1-8,13H,9-10H2. The van der Waals surface area contributed by atoms with E-state index in [1.165, 1.54) is 11.1 Å². The molecule has 0 fully saturated rings. The maximum Gasteiger partial charge on any atom is 0.122 e. The molecule has 1 atom stereocenters. The topological polar surface area (TPSA) is 9.23 Å². The Bertz CT molecular complexity index is 519. The number of rotatable bonds is 1. The highest BCUT2D eigenvalue weighted by Gasteiger charge is 2.20. The Morgan fingerprint density at radius 3 is 2.59 bits per heavy atom. The summed E-state index contributed by atoms with van der Waals surface area (Å²) in [7, 11) is 0. The predicted octanol–water partition coefficient (Wildman–Crippen LogP) is 4.06. The smallest absolute Gasteiger partial charge is 0.122 e. The van der Waals surface area contributed by atoms with Crippen LogP contribution in [0.3, 0.4) is 0 Å². The molecule has 2 aromatic rings. The lowest BCUT2D eigenvalue weighted by Crippen LogP contribution is -2.18. The van der Waals surface area contributed by atoms with Gasteiger partial charge in [0, 0.05) is 10.9 Å². The molecular weight excluding hydrogens is 232 g/mol. The molecule has 0 aliphatic carbocycles. The molecule has 0 radical (unpaired) electrons. The van der Waals surface area contributed by atoms with E-state index >= 15 is 0 Å². The van der Waals surface area contributed by atoms with E-state index in [4.69, 9.17) is 16.3 Å². The van der Waals surface area contributed by atoms with E-state index in [0.717, 1.165) is 23.8 Å². The zero-order valence-electron chi connectivity index (χ0n) is 9.40. The lowest BCUT2D eigenvalue weighted by atomic mass is 9.90. The first kappa shape index (κ1) is 10.7. The van der Waals surface area contributed by atoms with Gasteiger partial charge in [-0.05, 0) is 35.7 Å². The van der Waals surface area contributed by atoms with E-state index in [1.807, 2.05) is 24.3 Å². The highest BCUT2D eigenvalue weighted by molar-refractivity contribution is 6.30. The molecule has 17 heavy (non-hydrogen) atoms. The van der Waals surface area contributed by atoms with E-state index in [0.29, 0.717) is 5.92 Å². The van der Waals surface area contributed by atoms with Crippen molar-refractivity contribution in [2.24, 2.45) is 0 Å². The van der Waals surface area contributed by atoms with Gasteiger partial charge in [-0.15, -0.1) is 0 Å². The molecule has 2 aromatic carbocycles. The van der Waals surface area contributed by atoms with Gasteiger partial charge in [0.1, 0.15) is 5.75 Å². The summed E-state index contributed by atoms with van der Waals surface area (Å²) in [6.07, 6.45) is 1.04. The van der Waals surface area contributed by atoms with E-state index in [-0.39, 0.29) is 0 Å². The number of para-hydroxylation sites is 1. The summed E-state index contributed by atoms with van der Waals surface area (Å²) in [5.41, 5.74) is 2.59. The Balaban J connectivity index is 1.86. The maximum absolute atomic E-state index is 5.90. The number of halogens is 1. The van der Waals surface area contributed by atoms with E-state index in [9.17, 15) is 0 Å². The van der Waals surface area contributed by atoms with Crippen molar-refractivity contribution in [3.05, 3.63) is 64.7 Å². The summed E-state index contributed by atoms with van der Waals surface area (Å²) in [5.74, 6) is 1.46. The number of fused-ring (bicyclic) bond motifs is 1. The fourth-order valence-electron chi connectivity index (χ4n) is 2.28. The molecule has 0 saturated carbocycles. The Labute approximate surface area is 106 Å². The Morgan fingerprint density at radius 1 is 1.00 bits per heavy atom. The van der Waals surface area contributed by atoms with Crippen LogP contribution in [0.1, 0.15) is 17.0 Å². The van der Waals surface area contributed by atoms with Crippen LogP contribution in [0.15, 0.2) is 48.5 Å². The molecule has 1 heterocycles. The van der Waals surface area contributed by atoms with E-state index < -0.39 is 0 Å². The quantitative estimate of drug-likeness (QED) is 0.735. The van der Waals surface area contributed by atoms with Crippen LogP contribution in [0, 0.1) is 0 Å². The van der Waals surface area contributed by atoms with Crippen molar-refractivity contribution in [2.75, 3.05) is 6.61 Å². The number of hydrogen-bond donors (Lipinski definition) is 0. The molecule has 3 rings (SSSR count). The summed E-state index contributed by atoms with van der Waals surface area (Å²) in [5, 5.41) is 0.783. The van der Waals surface area contributed by atoms with Gasteiger partial charge in [-0.3, -0.25) is 0 Å². The largest absolute Gasteiger partial charge is 0.493 e. The molecule has 1 aliphatic heterocycles. The van der Waals surface area contributed by atoms with Gasteiger partial charge >= 0.3 is 0 Å². The van der Waals surface area contributed by atoms with Crippen molar-refractivity contribution in [3.63, 3.8) is 0 Å². The van der Waals surface area contributed by atoms with Crippen molar-refractivity contribution in [1.29, 1.82) is 0 Å². The van der Waals surface area contributed by atoms with Crippen LogP contribution in [-0.4, -0.2) is 6.61 Å². The molecule has 0 bridgehead atoms. The first-order chi connectivity index (χ1) is 8.33. The van der Waals surface area contributed by atoms with Gasteiger partial charge in [0.2, 0.25) is 0 Å². The van der Waals surface area contributed by atoms with Gasteiger partial charge < -0.3 is 4.74 Å². The SMILES string of the molecule is Clc1ccc(C2COc3ccccc3C2)cc1. The predicted molar refractivity (Wildman–Crippen MR) is 69.8 cm³/mol. The molecule has 86 valence electrons. The summed E-state index contributed by atoms with van der Waals surface area (Å²) >= 11 is 5.90. The van der Waals surface area contributed by atoms with Gasteiger partial charge in [-0.1, -0.05) is 41.9 Å². The Kier molecular flexibility index (Phi) is 2.77. The van der Waals surface area contributed by atoms with E-state index in [2.05, 4.69) is 24.3 Å². The first-order valence-electron chi connectivity index (χ1n) is 5.79. The highest BCUT2D eigenvalue weighted by atomic mass is 35.5. The minimum Gasteiger partial charge on any atom is -0.493 e. The van der Waals surface area contributed by atoms with Crippen molar-refractivity contribution in [2.45, 2.75) is 12.3 Å². The monoisotopic (exact) mass is 244 g/mol.